The smallest absolute Gasteiger partial charge is 0.232 e. The van der Waals surface area contributed by atoms with Crippen LogP contribution in [0.25, 0.3) is 0 Å². The summed E-state index contributed by atoms with van der Waals surface area (Å²) in [6, 6.07) is 15.2. The molecule has 2 aromatic carbocycles. The second-order valence-corrected chi connectivity index (χ2v) is 7.27. The van der Waals surface area contributed by atoms with Crippen LogP contribution in [-0.2, 0) is 9.59 Å². The zero-order chi connectivity index (χ0) is 20.4. The number of carbonyl (C=O) groups excluding carboxylic acids is 2. The van der Waals surface area contributed by atoms with Gasteiger partial charge in [-0.1, -0.05) is 30.3 Å². The van der Waals surface area contributed by atoms with Gasteiger partial charge in [-0.15, -0.1) is 0 Å². The fraction of sp³-hybridized carbons (Fsp3) is 0.333. The third kappa shape index (κ3) is 3.41. The molecule has 29 heavy (non-hydrogen) atoms. The van der Waals surface area contributed by atoms with Crippen LogP contribution in [0.5, 0.6) is 11.5 Å². The third-order valence-corrected chi connectivity index (χ3v) is 5.60. The van der Waals surface area contributed by atoms with Crippen molar-refractivity contribution in [1.29, 1.82) is 0 Å². The molecule has 150 valence electrons. The molecule has 0 N–H and O–H groups in total. The maximum absolute atomic E-state index is 13.4. The number of hydrogen-bond acceptors (Lipinski definition) is 4. The summed E-state index contributed by atoms with van der Waals surface area (Å²) in [5.74, 6) is 1.18. The molecular weight excluding hydrogens is 366 g/mol. The molecule has 5 heteroatoms. The summed E-state index contributed by atoms with van der Waals surface area (Å²) in [5, 5.41) is 0. The molecule has 1 amide bonds. The van der Waals surface area contributed by atoms with Gasteiger partial charge < -0.3 is 9.47 Å². The Morgan fingerprint density at radius 1 is 1.00 bits per heavy atom. The lowest BCUT2D eigenvalue weighted by atomic mass is 9.77. The number of hydrogen-bond donors (Lipinski definition) is 0. The Hall–Kier alpha value is -3.08. The summed E-state index contributed by atoms with van der Waals surface area (Å²) in [6.07, 6.45) is 2.18. The van der Waals surface area contributed by atoms with Crippen LogP contribution in [0.4, 0.5) is 5.69 Å². The average Bonchev–Trinajstić information content (AvgIpc) is 2.74. The van der Waals surface area contributed by atoms with Crippen LogP contribution in [0.1, 0.15) is 44.1 Å². The summed E-state index contributed by atoms with van der Waals surface area (Å²) in [6.45, 7) is 2.43. The van der Waals surface area contributed by atoms with Crippen molar-refractivity contribution in [3.63, 3.8) is 0 Å². The number of amides is 1. The van der Waals surface area contributed by atoms with E-state index in [4.69, 9.17) is 9.47 Å². The Labute approximate surface area is 170 Å². The van der Waals surface area contributed by atoms with Gasteiger partial charge in [0.25, 0.3) is 0 Å². The highest BCUT2D eigenvalue weighted by molar-refractivity contribution is 6.08. The molecule has 2 aromatic rings. The number of rotatable bonds is 5. The average molecular weight is 391 g/mol. The predicted molar refractivity (Wildman–Crippen MR) is 111 cm³/mol. The SMILES string of the molecule is CCOc1ccccc1N1C(=O)CC(c2ccccc2OC)C2=C1CCCC2=O. The van der Waals surface area contributed by atoms with Gasteiger partial charge in [-0.3, -0.25) is 14.5 Å². The van der Waals surface area contributed by atoms with Crippen LogP contribution in [0.3, 0.4) is 0 Å². The number of allylic oxidation sites excluding steroid dienone is 2. The molecule has 4 rings (SSSR count). The predicted octanol–water partition coefficient (Wildman–Crippen LogP) is 4.62. The topological polar surface area (TPSA) is 55.8 Å². The largest absolute Gasteiger partial charge is 0.496 e. The van der Waals surface area contributed by atoms with Gasteiger partial charge in [0, 0.05) is 35.6 Å². The summed E-state index contributed by atoms with van der Waals surface area (Å²) >= 11 is 0. The van der Waals surface area contributed by atoms with Crippen molar-refractivity contribution < 1.29 is 19.1 Å². The van der Waals surface area contributed by atoms with Crippen molar-refractivity contribution in [1.82, 2.24) is 0 Å². The number of carbonyl (C=O) groups is 2. The quantitative estimate of drug-likeness (QED) is 0.746. The molecule has 0 saturated heterocycles. The van der Waals surface area contributed by atoms with Crippen molar-refractivity contribution in [2.75, 3.05) is 18.6 Å². The zero-order valence-electron chi connectivity index (χ0n) is 16.8. The van der Waals surface area contributed by atoms with E-state index >= 15 is 0 Å². The second kappa shape index (κ2) is 8.11. The highest BCUT2D eigenvalue weighted by atomic mass is 16.5. The van der Waals surface area contributed by atoms with E-state index in [2.05, 4.69) is 0 Å². The van der Waals surface area contributed by atoms with E-state index in [-0.39, 0.29) is 24.0 Å². The van der Waals surface area contributed by atoms with Crippen molar-refractivity contribution >= 4 is 17.4 Å². The Kier molecular flexibility index (Phi) is 5.38. The van der Waals surface area contributed by atoms with Crippen molar-refractivity contribution in [3.05, 3.63) is 65.4 Å². The number of para-hydroxylation sites is 3. The zero-order valence-corrected chi connectivity index (χ0v) is 16.8. The minimum atomic E-state index is -0.281. The van der Waals surface area contributed by atoms with E-state index in [0.717, 1.165) is 23.3 Å². The molecule has 5 nitrogen and oxygen atoms in total. The number of ether oxygens (including phenoxy) is 2. The van der Waals surface area contributed by atoms with Gasteiger partial charge >= 0.3 is 0 Å². The number of Topliss-reactive ketones (excluding diaryl/α,β-unsaturated/α-hetero) is 1. The van der Waals surface area contributed by atoms with Crippen molar-refractivity contribution in [3.8, 4) is 11.5 Å². The lowest BCUT2D eigenvalue weighted by molar-refractivity contribution is -0.120. The maximum atomic E-state index is 13.4. The summed E-state index contributed by atoms with van der Waals surface area (Å²) in [5.41, 5.74) is 3.15. The molecule has 0 aromatic heterocycles. The van der Waals surface area contributed by atoms with Gasteiger partial charge in [0.05, 0.1) is 19.4 Å². The van der Waals surface area contributed by atoms with Crippen LogP contribution < -0.4 is 14.4 Å². The van der Waals surface area contributed by atoms with E-state index < -0.39 is 0 Å². The highest BCUT2D eigenvalue weighted by Crippen LogP contribution is 2.46. The van der Waals surface area contributed by atoms with Gasteiger partial charge in [0.2, 0.25) is 5.91 Å². The second-order valence-electron chi connectivity index (χ2n) is 7.27. The Balaban J connectivity index is 1.88. The Bertz CT molecular complexity index is 978. The van der Waals surface area contributed by atoms with E-state index in [1.54, 1.807) is 12.0 Å². The van der Waals surface area contributed by atoms with Crippen molar-refractivity contribution in [2.24, 2.45) is 0 Å². The molecule has 0 spiro atoms. The standard InChI is InChI=1S/C24H25NO4/c1-3-29-22-14-7-5-10-18(22)25-19-11-8-12-20(26)24(19)17(15-23(25)27)16-9-4-6-13-21(16)28-2/h4-7,9-10,13-14,17H,3,8,11-12,15H2,1-2H3. The van der Waals surface area contributed by atoms with Gasteiger partial charge in [0.1, 0.15) is 11.5 Å². The molecule has 0 bridgehead atoms. The van der Waals surface area contributed by atoms with Crippen LogP contribution >= 0.6 is 0 Å². The van der Waals surface area contributed by atoms with Gasteiger partial charge in [-0.2, -0.15) is 0 Å². The number of anilines is 1. The maximum Gasteiger partial charge on any atom is 0.232 e. The first-order valence-electron chi connectivity index (χ1n) is 10.1. The number of ketones is 1. The van der Waals surface area contributed by atoms with Gasteiger partial charge in [-0.05, 0) is 38.0 Å². The highest BCUT2D eigenvalue weighted by Gasteiger charge is 2.41. The number of benzene rings is 2. The van der Waals surface area contributed by atoms with E-state index in [1.807, 2.05) is 55.5 Å². The van der Waals surface area contributed by atoms with Crippen LogP contribution in [0.2, 0.25) is 0 Å². The lowest BCUT2D eigenvalue weighted by Gasteiger charge is -2.39. The number of methoxy groups -OCH3 is 1. The molecule has 0 saturated carbocycles. The van der Waals surface area contributed by atoms with E-state index in [0.29, 0.717) is 36.6 Å². The molecule has 2 aliphatic rings. The fourth-order valence-corrected chi connectivity index (χ4v) is 4.41. The molecule has 1 aliphatic heterocycles. The molecule has 1 aliphatic carbocycles. The fourth-order valence-electron chi connectivity index (χ4n) is 4.41. The minimum Gasteiger partial charge on any atom is -0.496 e. The Morgan fingerprint density at radius 2 is 1.72 bits per heavy atom. The van der Waals surface area contributed by atoms with Crippen LogP contribution in [0.15, 0.2) is 59.8 Å². The first-order chi connectivity index (χ1) is 14.2. The molecule has 0 radical (unpaired) electrons. The molecule has 1 heterocycles. The van der Waals surface area contributed by atoms with Crippen molar-refractivity contribution in [2.45, 2.75) is 38.5 Å². The van der Waals surface area contributed by atoms with E-state index in [1.165, 1.54) is 0 Å². The summed E-state index contributed by atoms with van der Waals surface area (Å²) < 4.78 is 11.3. The Morgan fingerprint density at radius 3 is 2.48 bits per heavy atom. The normalized spacial score (nSPS) is 19.2. The van der Waals surface area contributed by atoms with Gasteiger partial charge in [0.15, 0.2) is 5.78 Å². The van der Waals surface area contributed by atoms with Crippen LogP contribution in [-0.4, -0.2) is 25.4 Å². The molecular formula is C24H25NO4. The van der Waals surface area contributed by atoms with Crippen LogP contribution in [0, 0.1) is 0 Å². The van der Waals surface area contributed by atoms with E-state index in [9.17, 15) is 9.59 Å². The first-order valence-corrected chi connectivity index (χ1v) is 10.1. The third-order valence-electron chi connectivity index (χ3n) is 5.60. The lowest BCUT2D eigenvalue weighted by Crippen LogP contribution is -2.40. The molecule has 1 atom stereocenters. The van der Waals surface area contributed by atoms with Gasteiger partial charge in [-0.25, -0.2) is 0 Å². The first kappa shape index (κ1) is 19.2. The minimum absolute atomic E-state index is 0.0264. The monoisotopic (exact) mass is 391 g/mol. The molecule has 1 unspecified atom stereocenters. The summed E-state index contributed by atoms with van der Waals surface area (Å²) in [4.78, 5) is 28.1. The molecule has 0 fully saturated rings. The number of nitrogens with zero attached hydrogens (tertiary/aromatic N) is 1. The summed E-state index contributed by atoms with van der Waals surface area (Å²) in [7, 11) is 1.62.